The van der Waals surface area contributed by atoms with E-state index in [1.165, 1.54) is 16.0 Å². The first-order chi connectivity index (χ1) is 13.2. The third kappa shape index (κ3) is 4.32. The Bertz CT molecular complexity index is 944. The highest BCUT2D eigenvalue weighted by Gasteiger charge is 2.24. The van der Waals surface area contributed by atoms with Crippen LogP contribution in [0.2, 0.25) is 0 Å². The highest BCUT2D eigenvalue weighted by atomic mass is 32.1. The molecule has 0 unspecified atom stereocenters. The second-order valence-corrected chi connectivity index (χ2v) is 7.52. The zero-order valence-electron chi connectivity index (χ0n) is 15.5. The number of hydrogen-bond acceptors (Lipinski definition) is 4. The van der Waals surface area contributed by atoms with E-state index in [9.17, 15) is 0 Å². The standard InChI is InChI=1S/C20H23N5OS/c1-16-5-2-3-6-18(16)14-23-9-11-24(12-10-23)15-25-20(27)26-19(22-25)17-7-4-8-21-13-17/h2-8,13H,9-12,14-15H2,1H3/p+2. The van der Waals surface area contributed by atoms with Gasteiger partial charge in [-0.15, -0.1) is 5.10 Å². The van der Waals surface area contributed by atoms with Gasteiger partial charge >= 0.3 is 0 Å². The van der Waals surface area contributed by atoms with Crippen LogP contribution in [0.3, 0.4) is 0 Å². The van der Waals surface area contributed by atoms with E-state index < -0.39 is 0 Å². The van der Waals surface area contributed by atoms with E-state index in [0.29, 0.717) is 10.7 Å². The van der Waals surface area contributed by atoms with Crippen molar-refractivity contribution in [3.63, 3.8) is 0 Å². The lowest BCUT2D eigenvalue weighted by Gasteiger charge is -2.29. The topological polar surface area (TPSA) is 52.7 Å². The Morgan fingerprint density at radius 3 is 2.59 bits per heavy atom. The molecule has 2 N–H and O–H groups in total. The average molecular weight is 384 g/mol. The van der Waals surface area contributed by atoms with Crippen molar-refractivity contribution in [2.75, 3.05) is 26.2 Å². The minimum atomic E-state index is 0.427. The number of rotatable bonds is 5. The molecule has 27 heavy (non-hydrogen) atoms. The van der Waals surface area contributed by atoms with Crippen molar-refractivity contribution in [3.05, 3.63) is 64.8 Å². The quantitative estimate of drug-likeness (QED) is 0.631. The van der Waals surface area contributed by atoms with Crippen LogP contribution in [0.15, 0.2) is 53.2 Å². The predicted molar refractivity (Wildman–Crippen MR) is 105 cm³/mol. The Labute approximate surface area is 164 Å². The van der Waals surface area contributed by atoms with Gasteiger partial charge in [-0.1, -0.05) is 24.3 Å². The van der Waals surface area contributed by atoms with Crippen LogP contribution in [-0.4, -0.2) is 40.9 Å². The fourth-order valence-corrected chi connectivity index (χ4v) is 3.78. The lowest BCUT2D eigenvalue weighted by atomic mass is 10.1. The van der Waals surface area contributed by atoms with Crippen molar-refractivity contribution in [2.24, 2.45) is 0 Å². The molecule has 0 amide bonds. The molecule has 1 saturated heterocycles. The minimum absolute atomic E-state index is 0.427. The maximum atomic E-state index is 5.66. The van der Waals surface area contributed by atoms with E-state index in [1.807, 2.05) is 12.1 Å². The molecule has 2 aromatic heterocycles. The molecule has 1 aliphatic rings. The molecule has 0 spiro atoms. The van der Waals surface area contributed by atoms with Crippen LogP contribution >= 0.6 is 12.2 Å². The molecular formula is C20H25N5OS+2. The molecule has 0 bridgehead atoms. The van der Waals surface area contributed by atoms with Crippen molar-refractivity contribution in [3.8, 4) is 11.5 Å². The van der Waals surface area contributed by atoms with Gasteiger partial charge in [-0.25, -0.2) is 0 Å². The van der Waals surface area contributed by atoms with Gasteiger partial charge in [-0.05, 0) is 36.8 Å². The molecule has 0 radical (unpaired) electrons. The number of aryl methyl sites for hydroxylation is 1. The van der Waals surface area contributed by atoms with Gasteiger partial charge in [0, 0.05) is 18.0 Å². The summed E-state index contributed by atoms with van der Waals surface area (Å²) in [5, 5.41) is 4.55. The summed E-state index contributed by atoms with van der Waals surface area (Å²) in [5.41, 5.74) is 3.69. The van der Waals surface area contributed by atoms with Gasteiger partial charge in [0.25, 0.3) is 4.84 Å². The number of pyridine rings is 1. The van der Waals surface area contributed by atoms with Crippen molar-refractivity contribution in [1.82, 2.24) is 14.8 Å². The van der Waals surface area contributed by atoms with E-state index in [2.05, 4.69) is 41.3 Å². The summed E-state index contributed by atoms with van der Waals surface area (Å²) >= 11 is 5.36. The number of quaternary nitrogens is 2. The molecular weight excluding hydrogens is 358 g/mol. The fraction of sp³-hybridized carbons (Fsp3) is 0.350. The van der Waals surface area contributed by atoms with Crippen molar-refractivity contribution in [1.29, 1.82) is 0 Å². The van der Waals surface area contributed by atoms with Gasteiger partial charge < -0.3 is 14.2 Å². The predicted octanol–water partition coefficient (Wildman–Crippen LogP) is 0.517. The van der Waals surface area contributed by atoms with Gasteiger partial charge in [-0.3, -0.25) is 4.98 Å². The van der Waals surface area contributed by atoms with Crippen LogP contribution in [0.5, 0.6) is 0 Å². The largest absolute Gasteiger partial charge is 0.409 e. The molecule has 4 rings (SSSR count). The first-order valence-electron chi connectivity index (χ1n) is 9.39. The number of piperazine rings is 1. The summed E-state index contributed by atoms with van der Waals surface area (Å²) in [6.45, 7) is 8.59. The Hall–Kier alpha value is -2.35. The average Bonchev–Trinajstić information content (AvgIpc) is 3.06. The van der Waals surface area contributed by atoms with Crippen LogP contribution in [0, 0.1) is 11.8 Å². The molecule has 3 heterocycles. The minimum Gasteiger partial charge on any atom is -0.409 e. The molecule has 1 aliphatic heterocycles. The monoisotopic (exact) mass is 383 g/mol. The second kappa shape index (κ2) is 8.12. The zero-order valence-corrected chi connectivity index (χ0v) is 16.3. The number of benzene rings is 1. The fourth-order valence-electron chi connectivity index (χ4n) is 3.59. The Morgan fingerprint density at radius 2 is 1.85 bits per heavy atom. The number of nitrogens with zero attached hydrogens (tertiary/aromatic N) is 3. The molecule has 1 aromatic carbocycles. The Morgan fingerprint density at radius 1 is 1.07 bits per heavy atom. The molecule has 7 heteroatoms. The molecule has 140 valence electrons. The number of aromatic nitrogens is 3. The zero-order chi connectivity index (χ0) is 18.6. The van der Waals surface area contributed by atoms with Crippen molar-refractivity contribution < 1.29 is 14.2 Å². The van der Waals surface area contributed by atoms with E-state index in [-0.39, 0.29) is 0 Å². The highest BCUT2D eigenvalue weighted by Crippen LogP contribution is 2.15. The lowest BCUT2D eigenvalue weighted by molar-refractivity contribution is -1.03. The second-order valence-electron chi connectivity index (χ2n) is 7.18. The molecule has 1 fully saturated rings. The normalized spacial score (nSPS) is 19.9. The van der Waals surface area contributed by atoms with Gasteiger partial charge in [0.2, 0.25) is 5.89 Å². The van der Waals surface area contributed by atoms with Gasteiger partial charge in [0.05, 0.1) is 5.56 Å². The lowest BCUT2D eigenvalue weighted by Crippen LogP contribution is -3.27. The third-order valence-electron chi connectivity index (χ3n) is 5.25. The van der Waals surface area contributed by atoms with E-state index in [1.54, 1.807) is 22.0 Å². The highest BCUT2D eigenvalue weighted by molar-refractivity contribution is 7.71. The molecule has 6 nitrogen and oxygen atoms in total. The van der Waals surface area contributed by atoms with Crippen LogP contribution in [-0.2, 0) is 13.2 Å². The molecule has 3 aromatic rings. The van der Waals surface area contributed by atoms with E-state index >= 15 is 0 Å². The summed E-state index contributed by atoms with van der Waals surface area (Å²) in [6, 6.07) is 12.5. The molecule has 0 saturated carbocycles. The maximum Gasteiger partial charge on any atom is 0.292 e. The number of nitrogens with one attached hydrogen (secondary N) is 2. The maximum absolute atomic E-state index is 5.66. The summed E-state index contributed by atoms with van der Waals surface area (Å²) in [4.78, 5) is 7.68. The van der Waals surface area contributed by atoms with Gasteiger partial charge in [-0.2, -0.15) is 4.68 Å². The van der Waals surface area contributed by atoms with Crippen LogP contribution < -0.4 is 9.80 Å². The van der Waals surface area contributed by atoms with Gasteiger partial charge in [0.15, 0.2) is 6.67 Å². The first-order valence-corrected chi connectivity index (χ1v) is 9.80. The van der Waals surface area contributed by atoms with Crippen LogP contribution in [0.1, 0.15) is 11.1 Å². The van der Waals surface area contributed by atoms with Crippen molar-refractivity contribution >= 4 is 12.2 Å². The number of hydrogen-bond donors (Lipinski definition) is 2. The summed E-state index contributed by atoms with van der Waals surface area (Å²) in [6.07, 6.45) is 3.48. The van der Waals surface area contributed by atoms with Crippen molar-refractivity contribution in [2.45, 2.75) is 20.1 Å². The van der Waals surface area contributed by atoms with Crippen LogP contribution in [0.25, 0.3) is 11.5 Å². The van der Waals surface area contributed by atoms with Crippen LogP contribution in [0.4, 0.5) is 0 Å². The van der Waals surface area contributed by atoms with E-state index in [4.69, 9.17) is 16.6 Å². The molecule has 0 atom stereocenters. The summed E-state index contributed by atoms with van der Waals surface area (Å²) in [7, 11) is 0. The third-order valence-corrected chi connectivity index (χ3v) is 5.55. The summed E-state index contributed by atoms with van der Waals surface area (Å²) in [5.74, 6) is 0.538. The first kappa shape index (κ1) is 18.0. The smallest absolute Gasteiger partial charge is 0.292 e. The SMILES string of the molecule is Cc1ccccc1C[NH+]1CC[NH+](Cn2nc(-c3cccnc3)oc2=S)CC1. The summed E-state index contributed by atoms with van der Waals surface area (Å²) < 4.78 is 7.47. The Balaban J connectivity index is 1.35. The van der Waals surface area contributed by atoms with E-state index in [0.717, 1.165) is 45.0 Å². The molecule has 0 aliphatic carbocycles. The Kier molecular flexibility index (Phi) is 5.42. The van der Waals surface area contributed by atoms with Gasteiger partial charge in [0.1, 0.15) is 32.7 Å².